The second kappa shape index (κ2) is 8.01. The van der Waals surface area contributed by atoms with Crippen LogP contribution < -0.4 is 0 Å². The Morgan fingerprint density at radius 3 is 1.13 bits per heavy atom. The summed E-state index contributed by atoms with van der Waals surface area (Å²) in [6.45, 7) is 0. The molecule has 0 amide bonds. The fraction of sp³-hybridized carbons (Fsp3) is 0.100. The summed E-state index contributed by atoms with van der Waals surface area (Å²) >= 11 is 0. The largest absolute Gasteiger partial charge is 0.512 e. The molecule has 30 heavy (non-hydrogen) atoms. The molecule has 0 spiro atoms. The van der Waals surface area contributed by atoms with Crippen LogP contribution in [0.25, 0.3) is 0 Å². The van der Waals surface area contributed by atoms with Crippen LogP contribution in [0.2, 0.25) is 0 Å². The number of rotatable bonds is 6. The van der Waals surface area contributed by atoms with Gasteiger partial charge in [0.1, 0.15) is 0 Å². The van der Waals surface area contributed by atoms with Crippen LogP contribution in [0.15, 0.2) is 106 Å². The van der Waals surface area contributed by atoms with Gasteiger partial charge in [0.05, 0.1) is 25.0 Å². The monoisotopic (exact) mass is 463 g/mol. The van der Waals surface area contributed by atoms with E-state index < -0.39 is 31.9 Å². The summed E-state index contributed by atoms with van der Waals surface area (Å²) in [5.74, 6) is 0. The zero-order valence-corrected chi connectivity index (χ0v) is 16.8. The molecule has 0 bridgehead atoms. The molecule has 0 aromatic heterocycles. The number of alkyl halides is 5. The lowest BCUT2D eigenvalue weighted by Gasteiger charge is -2.35. The molecule has 0 heterocycles. The average molecular weight is 463 g/mol. The fourth-order valence-corrected chi connectivity index (χ4v) is 8.08. The third kappa shape index (κ3) is 3.82. The van der Waals surface area contributed by atoms with Crippen molar-refractivity contribution < 1.29 is 34.0 Å². The van der Waals surface area contributed by atoms with E-state index in [0.717, 1.165) is 0 Å². The highest BCUT2D eigenvalue weighted by Crippen LogP contribution is 2.69. The molecular weight excluding hydrogens is 447 g/mol. The van der Waals surface area contributed by atoms with Crippen LogP contribution in [-0.2, 0) is 10.1 Å². The normalized spacial score (nSPS) is 13.8. The van der Waals surface area contributed by atoms with Crippen LogP contribution in [0, 0.1) is 0 Å². The van der Waals surface area contributed by atoms with Gasteiger partial charge in [0.15, 0.2) is 0 Å². The van der Waals surface area contributed by atoms with Gasteiger partial charge in [-0.25, -0.2) is 0 Å². The second-order valence-electron chi connectivity index (χ2n) is 6.08. The topological polar surface area (TPSA) is 46.9 Å². The average Bonchev–Trinajstić information content (AvgIpc) is 2.73. The molecule has 0 saturated carbocycles. The minimum absolute atomic E-state index is 0.198. The van der Waals surface area contributed by atoms with Crippen LogP contribution in [0.3, 0.4) is 0 Å². The summed E-state index contributed by atoms with van der Waals surface area (Å²) in [5.41, 5.74) is 0. The number of halogens is 5. The first kappa shape index (κ1) is 22.3. The van der Waals surface area contributed by atoms with Crippen molar-refractivity contribution >= 4 is 20.4 Å². The van der Waals surface area contributed by atoms with Gasteiger partial charge in [-0.1, -0.05) is 54.6 Å². The quantitative estimate of drug-likeness (QED) is 0.239. The van der Waals surface area contributed by atoms with Crippen LogP contribution >= 0.6 is 10.3 Å². The molecule has 3 nitrogen and oxygen atoms in total. The zero-order valence-electron chi connectivity index (χ0n) is 15.1. The van der Waals surface area contributed by atoms with E-state index in [0.29, 0.717) is 0 Å². The summed E-state index contributed by atoms with van der Waals surface area (Å²) in [5, 5.41) is -6.05. The zero-order chi connectivity index (χ0) is 22.0. The molecule has 160 valence electrons. The van der Waals surface area contributed by atoms with E-state index in [1.807, 2.05) is 0 Å². The van der Waals surface area contributed by atoms with Crippen molar-refractivity contribution in [1.82, 2.24) is 0 Å². The maximum atomic E-state index is 14.0. The van der Waals surface area contributed by atoms with Crippen molar-refractivity contribution in [2.24, 2.45) is 0 Å². The third-order valence-electron chi connectivity index (χ3n) is 4.12. The first-order chi connectivity index (χ1) is 14.0. The van der Waals surface area contributed by atoms with Gasteiger partial charge in [0.25, 0.3) is 0 Å². The van der Waals surface area contributed by atoms with Gasteiger partial charge < -0.3 is 0 Å². The molecule has 0 fully saturated rings. The lowest BCUT2D eigenvalue weighted by molar-refractivity contribution is -0.244. The van der Waals surface area contributed by atoms with E-state index >= 15 is 0 Å². The van der Waals surface area contributed by atoms with Gasteiger partial charge >= 0.3 is 21.5 Å². The lowest BCUT2D eigenvalue weighted by atomic mass is 10.4. The van der Waals surface area contributed by atoms with E-state index in [1.165, 1.54) is 72.8 Å². The minimum Gasteiger partial charge on any atom is -0.257 e. The van der Waals surface area contributed by atoms with Gasteiger partial charge in [-0.05, 0) is 36.4 Å². The second-order valence-corrected chi connectivity index (χ2v) is 10.7. The molecule has 3 aromatic carbocycles. The van der Waals surface area contributed by atoms with Gasteiger partial charge in [0.2, 0.25) is 0 Å². The highest BCUT2D eigenvalue weighted by molar-refractivity contribution is 8.32. The Bertz CT molecular complexity index is 991. The minimum atomic E-state index is -6.32. The molecule has 1 N–H and O–H groups in total. The predicted octanol–water partition coefficient (Wildman–Crippen LogP) is 6.46. The van der Waals surface area contributed by atoms with Crippen molar-refractivity contribution in [2.45, 2.75) is 26.1 Å². The van der Waals surface area contributed by atoms with Crippen LogP contribution in [0.1, 0.15) is 0 Å². The lowest BCUT2D eigenvalue weighted by Crippen LogP contribution is -2.46. The van der Waals surface area contributed by atoms with Gasteiger partial charge in [-0.3, -0.25) is 3.63 Å². The Hall–Kier alpha value is -2.43. The van der Waals surface area contributed by atoms with Crippen molar-refractivity contribution in [3.8, 4) is 0 Å². The molecular formula is C20H16F5O3S2+. The van der Waals surface area contributed by atoms with E-state index in [2.05, 4.69) is 3.63 Å². The SMILES string of the molecule is O=S(=O)([OH+]S(c1ccccc1)(c1ccccc1)c1ccccc1)C(F)(F)C(F)(F)F. The van der Waals surface area contributed by atoms with Gasteiger partial charge in [-0.2, -0.15) is 22.0 Å². The van der Waals surface area contributed by atoms with Crippen LogP contribution in [0.5, 0.6) is 0 Å². The Kier molecular flexibility index (Phi) is 5.94. The maximum Gasteiger partial charge on any atom is 0.512 e. The summed E-state index contributed by atoms with van der Waals surface area (Å²) in [6.07, 6.45) is -6.31. The molecule has 0 unspecified atom stereocenters. The maximum absolute atomic E-state index is 14.0. The molecule has 0 atom stereocenters. The summed E-state index contributed by atoms with van der Waals surface area (Å²) in [4.78, 5) is 0.594. The smallest absolute Gasteiger partial charge is 0.257 e. The van der Waals surface area contributed by atoms with Crippen molar-refractivity contribution in [2.75, 3.05) is 0 Å². The van der Waals surface area contributed by atoms with Gasteiger partial charge in [0, 0.05) is 0 Å². The molecule has 3 rings (SSSR count). The molecule has 3 aromatic rings. The van der Waals surface area contributed by atoms with Crippen LogP contribution in [0.4, 0.5) is 22.0 Å². The summed E-state index contributed by atoms with van der Waals surface area (Å²) in [7, 11) is -9.69. The number of benzene rings is 3. The first-order valence-corrected chi connectivity index (χ1v) is 11.5. The third-order valence-corrected chi connectivity index (χ3v) is 9.54. The van der Waals surface area contributed by atoms with Crippen molar-refractivity contribution in [1.29, 1.82) is 0 Å². The summed E-state index contributed by atoms with van der Waals surface area (Å²) < 4.78 is 95.0. The fourth-order valence-electron chi connectivity index (χ4n) is 2.73. The number of hydrogen-bond donors (Lipinski definition) is 0. The summed E-state index contributed by atoms with van der Waals surface area (Å²) in [6, 6.07) is 22.8. The number of hydrogen-bond acceptors (Lipinski definition) is 2. The van der Waals surface area contributed by atoms with Crippen LogP contribution in [-0.4, -0.2) is 23.5 Å². The molecule has 0 radical (unpaired) electrons. The molecule has 0 aliphatic carbocycles. The highest BCUT2D eigenvalue weighted by Gasteiger charge is 2.73. The van der Waals surface area contributed by atoms with Crippen molar-refractivity contribution in [3.05, 3.63) is 91.0 Å². The van der Waals surface area contributed by atoms with E-state index in [4.69, 9.17) is 0 Å². The molecule has 0 aliphatic heterocycles. The van der Waals surface area contributed by atoms with E-state index in [-0.39, 0.29) is 14.7 Å². The Morgan fingerprint density at radius 1 is 0.567 bits per heavy atom. The Labute approximate surface area is 171 Å². The van der Waals surface area contributed by atoms with E-state index in [9.17, 15) is 30.4 Å². The predicted molar refractivity (Wildman–Crippen MR) is 104 cm³/mol. The van der Waals surface area contributed by atoms with Gasteiger partial charge in [-0.15, -0.1) is 8.42 Å². The molecule has 0 saturated heterocycles. The molecule has 10 heteroatoms. The molecule has 0 aliphatic rings. The highest BCUT2D eigenvalue weighted by atomic mass is 32.3. The van der Waals surface area contributed by atoms with E-state index in [1.54, 1.807) is 18.2 Å². The van der Waals surface area contributed by atoms with Crippen molar-refractivity contribution in [3.63, 3.8) is 0 Å². The first-order valence-electron chi connectivity index (χ1n) is 8.44. The Balaban J connectivity index is 2.36. The Morgan fingerprint density at radius 2 is 0.867 bits per heavy atom. The standard InChI is InChI=1S/C20H15F5O3S2/c21-19(22,23)20(24,25)30(26,27)28-29(16-10-4-1-5-11-16,17-12-6-2-7-13-17)18-14-8-3-9-15-18/h1-15H/p+1.